The quantitative estimate of drug-likeness (QED) is 0.637. The summed E-state index contributed by atoms with van der Waals surface area (Å²) in [6.45, 7) is 0. The van der Waals surface area contributed by atoms with Crippen molar-refractivity contribution in [3.8, 4) is 0 Å². The molecular weight excluding hydrogens is 178 g/mol. The van der Waals surface area contributed by atoms with Gasteiger partial charge in [0.2, 0.25) is 0 Å². The van der Waals surface area contributed by atoms with Gasteiger partial charge in [-0.3, -0.25) is 4.18 Å². The van der Waals surface area contributed by atoms with Crippen molar-refractivity contribution >= 4 is 10.1 Å². The van der Waals surface area contributed by atoms with E-state index in [1.165, 1.54) is 0 Å². The standard InChI is InChI=1S/C7H15NO3S/c1-12(9,10)11-7-5-3-2-4-6(7)8/h6-7H,2-5,8H2,1H3. The van der Waals surface area contributed by atoms with Gasteiger partial charge in [-0.25, -0.2) is 0 Å². The smallest absolute Gasteiger partial charge is 0.264 e. The van der Waals surface area contributed by atoms with Gasteiger partial charge in [-0.1, -0.05) is 12.8 Å². The second kappa shape index (κ2) is 3.72. The molecule has 0 amide bonds. The minimum atomic E-state index is -3.34. The second-order valence-corrected chi connectivity index (χ2v) is 4.89. The van der Waals surface area contributed by atoms with Crippen LogP contribution >= 0.6 is 0 Å². The van der Waals surface area contributed by atoms with E-state index in [0.717, 1.165) is 31.9 Å². The summed E-state index contributed by atoms with van der Waals surface area (Å²) in [5.41, 5.74) is 5.70. The van der Waals surface area contributed by atoms with Crippen LogP contribution < -0.4 is 5.73 Å². The fraction of sp³-hybridized carbons (Fsp3) is 1.00. The third kappa shape index (κ3) is 3.08. The third-order valence-electron chi connectivity index (χ3n) is 2.05. The topological polar surface area (TPSA) is 69.4 Å². The number of nitrogens with two attached hydrogens (primary N) is 1. The van der Waals surface area contributed by atoms with Gasteiger partial charge in [0.15, 0.2) is 0 Å². The summed E-state index contributed by atoms with van der Waals surface area (Å²) in [5.74, 6) is 0. The summed E-state index contributed by atoms with van der Waals surface area (Å²) in [7, 11) is -3.34. The third-order valence-corrected chi connectivity index (χ3v) is 2.65. The zero-order valence-corrected chi connectivity index (χ0v) is 8.01. The van der Waals surface area contributed by atoms with Crippen LogP contribution in [0.15, 0.2) is 0 Å². The Morgan fingerprint density at radius 1 is 1.33 bits per heavy atom. The van der Waals surface area contributed by atoms with Gasteiger partial charge in [0.25, 0.3) is 10.1 Å². The molecule has 0 aromatic heterocycles. The second-order valence-electron chi connectivity index (χ2n) is 3.29. The van der Waals surface area contributed by atoms with Gasteiger partial charge in [0.05, 0.1) is 12.4 Å². The molecule has 0 radical (unpaired) electrons. The van der Waals surface area contributed by atoms with Crippen LogP contribution in [0.3, 0.4) is 0 Å². The maximum absolute atomic E-state index is 10.8. The Morgan fingerprint density at radius 2 is 1.92 bits per heavy atom. The normalized spacial score (nSPS) is 31.8. The molecule has 1 fully saturated rings. The van der Waals surface area contributed by atoms with Gasteiger partial charge in [-0.2, -0.15) is 8.42 Å². The highest BCUT2D eigenvalue weighted by Crippen LogP contribution is 2.20. The summed E-state index contributed by atoms with van der Waals surface area (Å²) in [6.07, 6.45) is 4.47. The Hall–Kier alpha value is -0.130. The molecule has 0 spiro atoms. The molecule has 1 saturated carbocycles. The molecule has 2 unspecified atom stereocenters. The van der Waals surface area contributed by atoms with Crippen molar-refractivity contribution in [2.45, 2.75) is 37.8 Å². The number of hydrogen-bond donors (Lipinski definition) is 1. The molecule has 2 N–H and O–H groups in total. The first kappa shape index (κ1) is 9.95. The molecule has 1 rings (SSSR count). The average Bonchev–Trinajstić information content (AvgIpc) is 1.91. The minimum Gasteiger partial charge on any atom is -0.325 e. The fourth-order valence-corrected chi connectivity index (χ4v) is 2.16. The van der Waals surface area contributed by atoms with Gasteiger partial charge < -0.3 is 5.73 Å². The van der Waals surface area contributed by atoms with Crippen LogP contribution in [0.1, 0.15) is 25.7 Å². The number of rotatable bonds is 2. The SMILES string of the molecule is CS(=O)(=O)OC1CCCCC1N. The maximum Gasteiger partial charge on any atom is 0.264 e. The Kier molecular flexibility index (Phi) is 3.09. The van der Waals surface area contributed by atoms with Crippen molar-refractivity contribution in [3.63, 3.8) is 0 Å². The molecular formula is C7H15NO3S. The molecule has 1 aliphatic rings. The lowest BCUT2D eigenvalue weighted by molar-refractivity contribution is 0.140. The van der Waals surface area contributed by atoms with Crippen molar-refractivity contribution in [2.75, 3.05) is 6.26 Å². The molecule has 72 valence electrons. The first-order valence-electron chi connectivity index (χ1n) is 4.13. The number of hydrogen-bond acceptors (Lipinski definition) is 4. The molecule has 4 nitrogen and oxygen atoms in total. The first-order chi connectivity index (χ1) is 5.49. The highest BCUT2D eigenvalue weighted by Gasteiger charge is 2.25. The van der Waals surface area contributed by atoms with Crippen LogP contribution in [0.5, 0.6) is 0 Å². The van der Waals surface area contributed by atoms with Crippen molar-refractivity contribution in [2.24, 2.45) is 5.73 Å². The Balaban J connectivity index is 2.50. The highest BCUT2D eigenvalue weighted by molar-refractivity contribution is 7.86. The molecule has 0 aromatic rings. The summed E-state index contributed by atoms with van der Waals surface area (Å²) in [6, 6.07) is -0.117. The van der Waals surface area contributed by atoms with Crippen molar-refractivity contribution in [1.82, 2.24) is 0 Å². The largest absolute Gasteiger partial charge is 0.325 e. The summed E-state index contributed by atoms with van der Waals surface area (Å²) in [5, 5.41) is 0. The van der Waals surface area contributed by atoms with E-state index in [1.54, 1.807) is 0 Å². The van der Waals surface area contributed by atoms with E-state index >= 15 is 0 Å². The van der Waals surface area contributed by atoms with Crippen LogP contribution in [0.4, 0.5) is 0 Å². The Labute approximate surface area is 73.2 Å². The van der Waals surface area contributed by atoms with Crippen LogP contribution in [0.25, 0.3) is 0 Å². The van der Waals surface area contributed by atoms with Gasteiger partial charge in [0.1, 0.15) is 0 Å². The first-order valence-corrected chi connectivity index (χ1v) is 5.94. The Bertz CT molecular complexity index is 237. The van der Waals surface area contributed by atoms with Crippen LogP contribution in [-0.2, 0) is 14.3 Å². The fourth-order valence-electron chi connectivity index (χ4n) is 1.47. The van der Waals surface area contributed by atoms with E-state index in [0.29, 0.717) is 0 Å². The van der Waals surface area contributed by atoms with Crippen molar-refractivity contribution in [1.29, 1.82) is 0 Å². The highest BCUT2D eigenvalue weighted by atomic mass is 32.2. The predicted octanol–water partition coefficient (Wildman–Crippen LogP) is 0.233. The lowest BCUT2D eigenvalue weighted by atomic mass is 9.94. The van der Waals surface area contributed by atoms with E-state index in [4.69, 9.17) is 9.92 Å². The molecule has 12 heavy (non-hydrogen) atoms. The average molecular weight is 193 g/mol. The van der Waals surface area contributed by atoms with Crippen molar-refractivity contribution in [3.05, 3.63) is 0 Å². The minimum absolute atomic E-state index is 0.117. The Morgan fingerprint density at radius 3 is 2.42 bits per heavy atom. The predicted molar refractivity (Wildman–Crippen MR) is 46.2 cm³/mol. The molecule has 2 atom stereocenters. The van der Waals surface area contributed by atoms with Gasteiger partial charge in [0, 0.05) is 6.04 Å². The van der Waals surface area contributed by atoms with Crippen LogP contribution in [0, 0.1) is 0 Å². The molecule has 0 aliphatic heterocycles. The molecule has 0 heterocycles. The summed E-state index contributed by atoms with van der Waals surface area (Å²) < 4.78 is 26.4. The van der Waals surface area contributed by atoms with E-state index in [2.05, 4.69) is 0 Å². The van der Waals surface area contributed by atoms with Crippen LogP contribution in [0.2, 0.25) is 0 Å². The molecule has 5 heteroatoms. The zero-order valence-electron chi connectivity index (χ0n) is 7.19. The van der Waals surface area contributed by atoms with E-state index in [-0.39, 0.29) is 12.1 Å². The molecule has 0 aromatic carbocycles. The van der Waals surface area contributed by atoms with Gasteiger partial charge in [-0.05, 0) is 12.8 Å². The maximum atomic E-state index is 10.8. The molecule has 0 bridgehead atoms. The summed E-state index contributed by atoms with van der Waals surface area (Å²) in [4.78, 5) is 0. The monoisotopic (exact) mass is 193 g/mol. The summed E-state index contributed by atoms with van der Waals surface area (Å²) >= 11 is 0. The molecule has 0 saturated heterocycles. The van der Waals surface area contributed by atoms with Gasteiger partial charge >= 0.3 is 0 Å². The van der Waals surface area contributed by atoms with Crippen LogP contribution in [-0.4, -0.2) is 26.8 Å². The molecule has 1 aliphatic carbocycles. The van der Waals surface area contributed by atoms with Gasteiger partial charge in [-0.15, -0.1) is 0 Å². The zero-order chi connectivity index (χ0) is 9.19. The lowest BCUT2D eigenvalue weighted by Crippen LogP contribution is -2.40. The van der Waals surface area contributed by atoms with E-state index in [1.807, 2.05) is 0 Å². The van der Waals surface area contributed by atoms with E-state index < -0.39 is 10.1 Å². The van der Waals surface area contributed by atoms with E-state index in [9.17, 15) is 8.42 Å². The van der Waals surface area contributed by atoms with Crippen molar-refractivity contribution < 1.29 is 12.6 Å². The lowest BCUT2D eigenvalue weighted by Gasteiger charge is -2.27.